The lowest BCUT2D eigenvalue weighted by molar-refractivity contribution is -0.886. The van der Waals surface area contributed by atoms with Crippen LogP contribution in [0.2, 0.25) is 0 Å². The maximum atomic E-state index is 11.9. The highest BCUT2D eigenvalue weighted by Gasteiger charge is 2.13. The third kappa shape index (κ3) is 3.70. The molecular formula is C15H16N3O2+. The Kier molecular flexibility index (Phi) is 4.53. The largest absolute Gasteiger partial charge is 0.463 e. The van der Waals surface area contributed by atoms with E-state index in [4.69, 9.17) is 9.68 Å². The number of nitrogens with one attached hydrogen (secondary N) is 2. The van der Waals surface area contributed by atoms with Crippen LogP contribution in [0.3, 0.4) is 0 Å². The van der Waals surface area contributed by atoms with Crippen molar-refractivity contribution in [3.63, 3.8) is 0 Å². The van der Waals surface area contributed by atoms with E-state index < -0.39 is 0 Å². The van der Waals surface area contributed by atoms with Gasteiger partial charge in [-0.1, -0.05) is 12.1 Å². The molecule has 1 amide bonds. The summed E-state index contributed by atoms with van der Waals surface area (Å²) >= 11 is 0. The second kappa shape index (κ2) is 6.55. The van der Waals surface area contributed by atoms with Crippen LogP contribution < -0.4 is 10.2 Å². The third-order valence-corrected chi connectivity index (χ3v) is 2.84. The minimum Gasteiger partial charge on any atom is -0.463 e. The summed E-state index contributed by atoms with van der Waals surface area (Å²) in [4.78, 5) is 13.0. The van der Waals surface area contributed by atoms with E-state index in [9.17, 15) is 4.79 Å². The minimum atomic E-state index is -0.128. The van der Waals surface area contributed by atoms with Crippen molar-refractivity contribution in [1.29, 1.82) is 5.26 Å². The summed E-state index contributed by atoms with van der Waals surface area (Å²) in [5.41, 5.74) is 1.01. The smallest absolute Gasteiger partial charge is 0.279 e. The fourth-order valence-electron chi connectivity index (χ4n) is 1.93. The van der Waals surface area contributed by atoms with Gasteiger partial charge in [0.25, 0.3) is 5.91 Å². The number of anilines is 1. The summed E-state index contributed by atoms with van der Waals surface area (Å²) in [5, 5.41) is 11.7. The summed E-state index contributed by atoms with van der Waals surface area (Å²) in [6.07, 6.45) is 1.62. The lowest BCUT2D eigenvalue weighted by Crippen LogP contribution is -3.08. The average Bonchev–Trinajstić information content (AvgIpc) is 2.91. The molecule has 0 aliphatic carbocycles. The number of furan rings is 1. The number of nitrogens with zero attached hydrogens (tertiary/aromatic N) is 1. The summed E-state index contributed by atoms with van der Waals surface area (Å²) in [7, 11) is 1.91. The molecule has 1 aromatic heterocycles. The molecule has 0 aliphatic heterocycles. The molecule has 2 rings (SSSR count). The molecule has 0 bridgehead atoms. The number of rotatable bonds is 5. The van der Waals surface area contributed by atoms with Crippen LogP contribution in [0.1, 0.15) is 11.3 Å². The topological polar surface area (TPSA) is 70.5 Å². The van der Waals surface area contributed by atoms with Gasteiger partial charge in [-0.05, 0) is 24.3 Å². The van der Waals surface area contributed by atoms with Crippen molar-refractivity contribution >= 4 is 11.6 Å². The molecule has 0 radical (unpaired) electrons. The summed E-state index contributed by atoms with van der Waals surface area (Å²) in [6.45, 7) is 0.945. The molecule has 0 spiro atoms. The van der Waals surface area contributed by atoms with Crippen molar-refractivity contribution < 1.29 is 14.1 Å². The number of nitriles is 1. The predicted molar refractivity (Wildman–Crippen MR) is 74.0 cm³/mol. The second-order valence-corrected chi connectivity index (χ2v) is 4.60. The minimum absolute atomic E-state index is 0.128. The first-order valence-electron chi connectivity index (χ1n) is 6.31. The maximum Gasteiger partial charge on any atom is 0.279 e. The zero-order valence-electron chi connectivity index (χ0n) is 11.2. The highest BCUT2D eigenvalue weighted by Crippen LogP contribution is 2.12. The molecule has 0 fully saturated rings. The van der Waals surface area contributed by atoms with Gasteiger partial charge in [-0.15, -0.1) is 0 Å². The molecule has 1 atom stereocenters. The number of carbonyl (C=O) groups excluding carboxylic acids is 1. The first-order valence-corrected chi connectivity index (χ1v) is 6.31. The zero-order valence-corrected chi connectivity index (χ0v) is 11.2. The lowest BCUT2D eigenvalue weighted by atomic mass is 10.2. The highest BCUT2D eigenvalue weighted by molar-refractivity contribution is 5.92. The number of hydrogen-bond acceptors (Lipinski definition) is 3. The van der Waals surface area contributed by atoms with E-state index in [1.54, 1.807) is 30.5 Å². The molecule has 2 aromatic rings. The van der Waals surface area contributed by atoms with Crippen molar-refractivity contribution in [2.45, 2.75) is 6.54 Å². The van der Waals surface area contributed by atoms with E-state index in [0.717, 1.165) is 10.7 Å². The fourth-order valence-corrected chi connectivity index (χ4v) is 1.93. The number of benzene rings is 1. The monoisotopic (exact) mass is 270 g/mol. The van der Waals surface area contributed by atoms with Gasteiger partial charge in [0.1, 0.15) is 12.6 Å². The van der Waals surface area contributed by atoms with Crippen molar-refractivity contribution in [3.8, 4) is 6.07 Å². The molecule has 1 heterocycles. The molecule has 0 saturated carbocycles. The van der Waals surface area contributed by atoms with Gasteiger partial charge in [-0.2, -0.15) is 5.26 Å². The van der Waals surface area contributed by atoms with Crippen molar-refractivity contribution in [2.24, 2.45) is 0 Å². The molecule has 1 unspecified atom stereocenters. The van der Waals surface area contributed by atoms with Crippen LogP contribution in [-0.2, 0) is 11.3 Å². The van der Waals surface area contributed by atoms with Gasteiger partial charge in [0.2, 0.25) is 0 Å². The van der Waals surface area contributed by atoms with Crippen molar-refractivity contribution in [3.05, 3.63) is 54.0 Å². The molecule has 1 aromatic carbocycles. The molecule has 5 heteroatoms. The van der Waals surface area contributed by atoms with E-state index >= 15 is 0 Å². The van der Waals surface area contributed by atoms with Gasteiger partial charge in [0, 0.05) is 0 Å². The highest BCUT2D eigenvalue weighted by atomic mass is 16.3. The van der Waals surface area contributed by atoms with Crippen LogP contribution in [0.4, 0.5) is 5.69 Å². The Morgan fingerprint density at radius 1 is 1.35 bits per heavy atom. The van der Waals surface area contributed by atoms with Crippen LogP contribution >= 0.6 is 0 Å². The van der Waals surface area contributed by atoms with Gasteiger partial charge in [-0.25, -0.2) is 0 Å². The number of amides is 1. The SMILES string of the molecule is C[NH+](CC(=O)Nc1ccccc1C#N)Cc1ccco1. The van der Waals surface area contributed by atoms with E-state index in [2.05, 4.69) is 11.4 Å². The number of para-hydroxylation sites is 1. The molecule has 5 nitrogen and oxygen atoms in total. The molecule has 2 N–H and O–H groups in total. The van der Waals surface area contributed by atoms with Crippen molar-refractivity contribution in [2.75, 3.05) is 18.9 Å². The normalized spacial score (nSPS) is 11.6. The van der Waals surface area contributed by atoms with Gasteiger partial charge in [0.05, 0.1) is 24.6 Å². The maximum absolute atomic E-state index is 11.9. The Hall–Kier alpha value is -2.58. The third-order valence-electron chi connectivity index (χ3n) is 2.84. The molecule has 0 aliphatic rings. The zero-order chi connectivity index (χ0) is 14.4. The second-order valence-electron chi connectivity index (χ2n) is 4.60. The average molecular weight is 270 g/mol. The molecule has 0 saturated heterocycles. The van der Waals surface area contributed by atoms with Gasteiger partial charge in [-0.3, -0.25) is 4.79 Å². The lowest BCUT2D eigenvalue weighted by Gasteiger charge is -2.12. The number of hydrogen-bond donors (Lipinski definition) is 2. The standard InChI is InChI=1S/C15H15N3O2/c1-18(10-13-6-4-8-20-13)11-15(19)17-14-7-3-2-5-12(14)9-16/h2-8H,10-11H2,1H3,(H,17,19)/p+1. The Morgan fingerprint density at radius 3 is 2.85 bits per heavy atom. The summed E-state index contributed by atoms with van der Waals surface area (Å²) in [5.74, 6) is 0.712. The number of carbonyl (C=O) groups is 1. The predicted octanol–water partition coefficient (Wildman–Crippen LogP) is 0.805. The summed E-state index contributed by atoms with van der Waals surface area (Å²) < 4.78 is 5.24. The molecular weight excluding hydrogens is 254 g/mol. The Bertz CT molecular complexity index is 614. The Labute approximate surface area is 117 Å². The number of quaternary nitrogens is 1. The molecule has 102 valence electrons. The van der Waals surface area contributed by atoms with Crippen LogP contribution in [0.15, 0.2) is 47.1 Å². The van der Waals surface area contributed by atoms with Gasteiger partial charge >= 0.3 is 0 Å². The van der Waals surface area contributed by atoms with Crippen molar-refractivity contribution in [1.82, 2.24) is 0 Å². The van der Waals surface area contributed by atoms with Crippen LogP contribution in [0.25, 0.3) is 0 Å². The van der Waals surface area contributed by atoms with E-state index in [1.165, 1.54) is 0 Å². The van der Waals surface area contributed by atoms with E-state index in [-0.39, 0.29) is 5.91 Å². The number of likely N-dealkylation sites (N-methyl/N-ethyl adjacent to an activating group) is 1. The summed E-state index contributed by atoms with van der Waals surface area (Å²) in [6, 6.07) is 12.7. The van der Waals surface area contributed by atoms with Gasteiger partial charge < -0.3 is 14.6 Å². The Balaban J connectivity index is 1.91. The molecule has 20 heavy (non-hydrogen) atoms. The Morgan fingerprint density at radius 2 is 2.15 bits per heavy atom. The fraction of sp³-hybridized carbons (Fsp3) is 0.200. The van der Waals surface area contributed by atoms with Crippen LogP contribution in [0.5, 0.6) is 0 Å². The van der Waals surface area contributed by atoms with E-state index in [0.29, 0.717) is 24.3 Å². The first-order chi connectivity index (χ1) is 9.69. The first kappa shape index (κ1) is 13.8. The quantitative estimate of drug-likeness (QED) is 0.844. The van der Waals surface area contributed by atoms with Crippen LogP contribution in [0, 0.1) is 11.3 Å². The van der Waals surface area contributed by atoms with E-state index in [1.807, 2.05) is 19.2 Å². The van der Waals surface area contributed by atoms with Gasteiger partial charge in [0.15, 0.2) is 12.3 Å². The van der Waals surface area contributed by atoms with Crippen LogP contribution in [-0.4, -0.2) is 19.5 Å².